The summed E-state index contributed by atoms with van der Waals surface area (Å²) in [6, 6.07) is 10.1. The van der Waals surface area contributed by atoms with Crippen LogP contribution in [0.25, 0.3) is 6.08 Å². The lowest BCUT2D eigenvalue weighted by molar-refractivity contribution is -0.148. The minimum atomic E-state index is -0.344. The van der Waals surface area contributed by atoms with E-state index in [0.29, 0.717) is 12.5 Å². The van der Waals surface area contributed by atoms with Crippen molar-refractivity contribution < 1.29 is 9.53 Å². The van der Waals surface area contributed by atoms with Gasteiger partial charge in [-0.15, -0.1) is 0 Å². The summed E-state index contributed by atoms with van der Waals surface area (Å²) in [5.74, 6) is 0.231. The van der Waals surface area contributed by atoms with Crippen LogP contribution >= 0.6 is 0 Å². The minimum Gasteiger partial charge on any atom is -0.461 e. The monoisotopic (exact) mass is 226 g/mol. The first-order chi connectivity index (χ1) is 8.31. The second-order valence-corrected chi connectivity index (χ2v) is 4.62. The molecular weight excluding hydrogens is 212 g/mol. The number of esters is 1. The van der Waals surface area contributed by atoms with Crippen LogP contribution in [0, 0.1) is 11.3 Å². The molecule has 2 nitrogen and oxygen atoms in total. The molecule has 0 bridgehead atoms. The van der Waals surface area contributed by atoms with Crippen LogP contribution < -0.4 is 0 Å². The molecule has 0 N–H and O–H groups in total. The summed E-state index contributed by atoms with van der Waals surface area (Å²) in [6.07, 6.45) is 9.03. The molecule has 2 aliphatic rings. The van der Waals surface area contributed by atoms with Gasteiger partial charge in [-0.05, 0) is 17.9 Å². The van der Waals surface area contributed by atoms with E-state index in [0.717, 1.165) is 6.42 Å². The quantitative estimate of drug-likeness (QED) is 0.572. The number of carbonyl (C=O) groups excluding carboxylic acids is 1. The van der Waals surface area contributed by atoms with E-state index in [1.807, 2.05) is 30.4 Å². The first kappa shape index (κ1) is 10.3. The number of ether oxygens (including phenoxy) is 1. The lowest BCUT2D eigenvalue weighted by Crippen LogP contribution is -2.22. The smallest absolute Gasteiger partial charge is 0.316 e. The molecule has 2 heteroatoms. The highest BCUT2D eigenvalue weighted by atomic mass is 16.5. The molecule has 1 saturated carbocycles. The Morgan fingerprint density at radius 3 is 2.88 bits per heavy atom. The standard InChI is InChI=1S/C15H14O2/c16-14-15(9-4-10-17-14)11-13(15)8-7-12-5-2-1-3-6-12/h1-9,13H,10-11H2/b8-7+/t13-,15-/m1/s1. The van der Waals surface area contributed by atoms with Crippen molar-refractivity contribution in [2.45, 2.75) is 6.42 Å². The number of carbonyl (C=O) groups is 1. The predicted octanol–water partition coefficient (Wildman–Crippen LogP) is 2.82. The molecule has 86 valence electrons. The molecule has 0 amide bonds. The fourth-order valence-electron chi connectivity index (χ4n) is 2.35. The third kappa shape index (κ3) is 1.80. The average Bonchev–Trinajstić information content (AvgIpc) is 3.07. The minimum absolute atomic E-state index is 0.0669. The largest absolute Gasteiger partial charge is 0.461 e. The molecule has 0 radical (unpaired) electrons. The molecule has 2 atom stereocenters. The van der Waals surface area contributed by atoms with Crippen LogP contribution in [0.15, 0.2) is 48.6 Å². The number of allylic oxidation sites excluding steroid dienone is 1. The first-order valence-electron chi connectivity index (χ1n) is 5.89. The Morgan fingerprint density at radius 2 is 2.12 bits per heavy atom. The van der Waals surface area contributed by atoms with Crippen LogP contribution in [0.2, 0.25) is 0 Å². The van der Waals surface area contributed by atoms with Crippen molar-refractivity contribution in [3.05, 3.63) is 54.1 Å². The Kier molecular flexibility index (Phi) is 2.36. The predicted molar refractivity (Wildman–Crippen MR) is 66.1 cm³/mol. The maximum absolute atomic E-state index is 11.7. The summed E-state index contributed by atoms with van der Waals surface area (Å²) in [6.45, 7) is 0.426. The van der Waals surface area contributed by atoms with Gasteiger partial charge in [-0.3, -0.25) is 4.79 Å². The van der Waals surface area contributed by atoms with Crippen LogP contribution in [0.4, 0.5) is 0 Å². The molecule has 0 aromatic heterocycles. The normalized spacial score (nSPS) is 30.8. The summed E-state index contributed by atoms with van der Waals surface area (Å²) in [7, 11) is 0. The molecule has 17 heavy (non-hydrogen) atoms. The van der Waals surface area contributed by atoms with Crippen molar-refractivity contribution in [2.24, 2.45) is 11.3 Å². The molecule has 0 unspecified atom stereocenters. The first-order valence-corrected chi connectivity index (χ1v) is 5.89. The molecule has 1 aromatic carbocycles. The van der Waals surface area contributed by atoms with Gasteiger partial charge in [-0.1, -0.05) is 54.6 Å². The zero-order valence-electron chi connectivity index (χ0n) is 9.50. The number of benzene rings is 1. The zero-order valence-corrected chi connectivity index (χ0v) is 9.50. The van der Waals surface area contributed by atoms with E-state index < -0.39 is 0 Å². The highest BCUT2D eigenvalue weighted by molar-refractivity contribution is 5.85. The lowest BCUT2D eigenvalue weighted by atomic mass is 10.0. The Labute approximate surface area is 101 Å². The SMILES string of the molecule is O=C1OCC=C[C@]12C[C@H]2/C=C/c1ccccc1. The molecule has 0 saturated heterocycles. The number of hydrogen-bond acceptors (Lipinski definition) is 2. The van der Waals surface area contributed by atoms with Gasteiger partial charge >= 0.3 is 5.97 Å². The molecule has 1 aliphatic heterocycles. The van der Waals surface area contributed by atoms with Crippen LogP contribution in [-0.2, 0) is 9.53 Å². The summed E-state index contributed by atoms with van der Waals surface area (Å²) in [5.41, 5.74) is 0.825. The molecule has 1 spiro atoms. The Bertz CT molecular complexity index is 487. The van der Waals surface area contributed by atoms with E-state index in [1.165, 1.54) is 5.56 Å². The molecular formula is C15H14O2. The van der Waals surface area contributed by atoms with Crippen LogP contribution in [0.3, 0.4) is 0 Å². The summed E-state index contributed by atoms with van der Waals surface area (Å²) >= 11 is 0. The fraction of sp³-hybridized carbons (Fsp3) is 0.267. The summed E-state index contributed by atoms with van der Waals surface area (Å²) < 4.78 is 5.08. The maximum atomic E-state index is 11.7. The third-order valence-electron chi connectivity index (χ3n) is 3.49. The van der Waals surface area contributed by atoms with E-state index in [9.17, 15) is 4.79 Å². The van der Waals surface area contributed by atoms with Gasteiger partial charge in [0.2, 0.25) is 0 Å². The van der Waals surface area contributed by atoms with Crippen molar-refractivity contribution in [1.82, 2.24) is 0 Å². The van der Waals surface area contributed by atoms with Crippen molar-refractivity contribution in [1.29, 1.82) is 0 Å². The van der Waals surface area contributed by atoms with Crippen molar-refractivity contribution in [3.63, 3.8) is 0 Å². The van der Waals surface area contributed by atoms with Gasteiger partial charge in [0.1, 0.15) is 6.61 Å². The van der Waals surface area contributed by atoms with Gasteiger partial charge in [0.15, 0.2) is 0 Å². The van der Waals surface area contributed by atoms with Gasteiger partial charge in [-0.25, -0.2) is 0 Å². The summed E-state index contributed by atoms with van der Waals surface area (Å²) in [5, 5.41) is 0. The van der Waals surface area contributed by atoms with Crippen LogP contribution in [-0.4, -0.2) is 12.6 Å². The van der Waals surface area contributed by atoms with Gasteiger partial charge < -0.3 is 4.74 Å². The number of cyclic esters (lactones) is 1. The van der Waals surface area contributed by atoms with Crippen molar-refractivity contribution >= 4 is 12.0 Å². The Hall–Kier alpha value is -1.83. The molecule has 1 aromatic rings. The van der Waals surface area contributed by atoms with Gasteiger partial charge in [0, 0.05) is 0 Å². The van der Waals surface area contributed by atoms with E-state index in [1.54, 1.807) is 0 Å². The van der Waals surface area contributed by atoms with E-state index in [4.69, 9.17) is 4.74 Å². The van der Waals surface area contributed by atoms with E-state index >= 15 is 0 Å². The van der Waals surface area contributed by atoms with Crippen molar-refractivity contribution in [2.75, 3.05) is 6.61 Å². The second-order valence-electron chi connectivity index (χ2n) is 4.62. The number of rotatable bonds is 2. The highest BCUT2D eigenvalue weighted by Gasteiger charge is 2.58. The van der Waals surface area contributed by atoms with Crippen molar-refractivity contribution in [3.8, 4) is 0 Å². The van der Waals surface area contributed by atoms with E-state index in [2.05, 4.69) is 24.3 Å². The van der Waals surface area contributed by atoms with Gasteiger partial charge in [0.05, 0.1) is 5.41 Å². The second kappa shape index (κ2) is 3.88. The molecule has 1 aliphatic carbocycles. The van der Waals surface area contributed by atoms with Gasteiger partial charge in [0.25, 0.3) is 0 Å². The highest BCUT2D eigenvalue weighted by Crippen LogP contribution is 2.56. The van der Waals surface area contributed by atoms with E-state index in [-0.39, 0.29) is 11.4 Å². The van der Waals surface area contributed by atoms with Gasteiger partial charge in [-0.2, -0.15) is 0 Å². The third-order valence-corrected chi connectivity index (χ3v) is 3.49. The maximum Gasteiger partial charge on any atom is 0.316 e. The molecule has 1 heterocycles. The number of hydrogen-bond donors (Lipinski definition) is 0. The van der Waals surface area contributed by atoms with Crippen LogP contribution in [0.5, 0.6) is 0 Å². The zero-order chi connectivity index (χ0) is 11.7. The fourth-order valence-corrected chi connectivity index (χ4v) is 2.35. The average molecular weight is 226 g/mol. The Morgan fingerprint density at radius 1 is 1.29 bits per heavy atom. The molecule has 1 fully saturated rings. The van der Waals surface area contributed by atoms with Crippen LogP contribution in [0.1, 0.15) is 12.0 Å². The Balaban J connectivity index is 1.73. The molecule has 3 rings (SSSR count). The topological polar surface area (TPSA) is 26.3 Å². The summed E-state index contributed by atoms with van der Waals surface area (Å²) in [4.78, 5) is 11.7. The lowest BCUT2D eigenvalue weighted by Gasteiger charge is -2.14.